The minimum atomic E-state index is -2.33. The summed E-state index contributed by atoms with van der Waals surface area (Å²) in [5.74, 6) is 0. The molecule has 96 valence electrons. The van der Waals surface area contributed by atoms with Crippen molar-refractivity contribution in [2.24, 2.45) is 5.73 Å². The fraction of sp³-hybridized carbons (Fsp3) is 0.857. The molecule has 1 fully saturated rings. The SMILES string of the molecule is N[C@@H]1[C@@H](O)[C@H](O)[C@@H](CO)O[C@H]1O.O=C([O-])[O-]. The highest BCUT2D eigenvalue weighted by atomic mass is 16.6. The second-order valence-corrected chi connectivity index (χ2v) is 3.06. The molecule has 9 heteroatoms. The number of carbonyl (C=O) groups excluding carboxylic acids is 1. The van der Waals surface area contributed by atoms with Crippen molar-refractivity contribution in [1.29, 1.82) is 0 Å². The molecule has 1 aliphatic heterocycles. The molecule has 0 aromatic carbocycles. The summed E-state index contributed by atoms with van der Waals surface area (Å²) in [6, 6.07) is -1.04. The van der Waals surface area contributed by atoms with Crippen molar-refractivity contribution in [2.45, 2.75) is 30.6 Å². The van der Waals surface area contributed by atoms with Crippen LogP contribution in [0.3, 0.4) is 0 Å². The lowest BCUT2D eigenvalue weighted by Gasteiger charge is -2.38. The Labute approximate surface area is 90.3 Å². The fourth-order valence-electron chi connectivity index (χ4n) is 1.12. The van der Waals surface area contributed by atoms with Crippen LogP contribution in [0.15, 0.2) is 0 Å². The third-order valence-electron chi connectivity index (χ3n) is 1.95. The van der Waals surface area contributed by atoms with Gasteiger partial charge < -0.3 is 45.9 Å². The molecule has 1 rings (SSSR count). The first kappa shape index (κ1) is 15.0. The van der Waals surface area contributed by atoms with Gasteiger partial charge in [-0.05, 0) is 6.16 Å². The summed E-state index contributed by atoms with van der Waals surface area (Å²) in [5, 5.41) is 52.7. The third-order valence-corrected chi connectivity index (χ3v) is 1.95. The zero-order valence-corrected chi connectivity index (χ0v) is 8.09. The van der Waals surface area contributed by atoms with E-state index in [4.69, 9.17) is 35.7 Å². The lowest BCUT2D eigenvalue weighted by Crippen LogP contribution is -2.61. The standard InChI is InChI=1S/C6H13NO5.CH2O3/c7-3-5(10)4(9)2(1-8)12-6(3)11;2-1(3)4/h2-6,8-11H,1,7H2;(H2,2,3,4)/p-2/t2-,3-,4-,5-,6-;/m1./s1. The van der Waals surface area contributed by atoms with Gasteiger partial charge in [-0.2, -0.15) is 0 Å². The van der Waals surface area contributed by atoms with Gasteiger partial charge in [-0.3, -0.25) is 0 Å². The third kappa shape index (κ3) is 4.26. The van der Waals surface area contributed by atoms with Crippen LogP contribution in [-0.4, -0.2) is 63.8 Å². The van der Waals surface area contributed by atoms with E-state index in [-0.39, 0.29) is 0 Å². The number of ether oxygens (including phenoxy) is 1. The van der Waals surface area contributed by atoms with Crippen molar-refractivity contribution < 1.29 is 40.2 Å². The van der Waals surface area contributed by atoms with Gasteiger partial charge in [0.05, 0.1) is 12.6 Å². The molecule has 0 amide bonds. The van der Waals surface area contributed by atoms with Gasteiger partial charge in [0.25, 0.3) is 0 Å². The smallest absolute Gasteiger partial charge is 0.173 e. The van der Waals surface area contributed by atoms with Gasteiger partial charge in [0.1, 0.15) is 18.3 Å². The fourth-order valence-corrected chi connectivity index (χ4v) is 1.12. The lowest BCUT2D eigenvalue weighted by molar-refractivity contribution is -0.415. The molecule has 5 atom stereocenters. The summed E-state index contributed by atoms with van der Waals surface area (Å²) in [4.78, 5) is 8.33. The van der Waals surface area contributed by atoms with Crippen molar-refractivity contribution in [3.63, 3.8) is 0 Å². The summed E-state index contributed by atoms with van der Waals surface area (Å²) >= 11 is 0. The Morgan fingerprint density at radius 1 is 1.25 bits per heavy atom. The Kier molecular flexibility index (Phi) is 6.18. The number of aliphatic hydroxyl groups excluding tert-OH is 4. The Hall–Kier alpha value is -0.970. The maximum atomic E-state index is 9.20. The summed E-state index contributed by atoms with van der Waals surface area (Å²) in [7, 11) is 0. The highest BCUT2D eigenvalue weighted by Gasteiger charge is 2.41. The highest BCUT2D eigenvalue weighted by Crippen LogP contribution is 2.17. The molecule has 0 aliphatic carbocycles. The number of rotatable bonds is 1. The molecule has 0 saturated carbocycles. The molecule has 0 unspecified atom stereocenters. The molecule has 0 bridgehead atoms. The predicted molar refractivity (Wildman–Crippen MR) is 43.4 cm³/mol. The van der Waals surface area contributed by atoms with Crippen molar-refractivity contribution in [3.8, 4) is 0 Å². The normalized spacial score (nSPS) is 38.4. The second kappa shape index (κ2) is 6.58. The van der Waals surface area contributed by atoms with E-state index in [1.165, 1.54) is 0 Å². The van der Waals surface area contributed by atoms with E-state index in [1.807, 2.05) is 0 Å². The minimum absolute atomic E-state index is 0.470. The van der Waals surface area contributed by atoms with E-state index in [0.717, 1.165) is 0 Å². The van der Waals surface area contributed by atoms with Gasteiger partial charge in [-0.15, -0.1) is 0 Å². The molecule has 16 heavy (non-hydrogen) atoms. The van der Waals surface area contributed by atoms with Crippen LogP contribution in [0.2, 0.25) is 0 Å². The number of hydrogen-bond donors (Lipinski definition) is 5. The van der Waals surface area contributed by atoms with Gasteiger partial charge in [0, 0.05) is 0 Å². The van der Waals surface area contributed by atoms with Crippen LogP contribution in [0, 0.1) is 0 Å². The summed E-state index contributed by atoms with van der Waals surface area (Å²) in [6.45, 7) is -0.470. The quantitative estimate of drug-likeness (QED) is 0.298. The van der Waals surface area contributed by atoms with Crippen LogP contribution in [0.25, 0.3) is 0 Å². The van der Waals surface area contributed by atoms with Crippen LogP contribution < -0.4 is 15.9 Å². The van der Waals surface area contributed by atoms with E-state index in [1.54, 1.807) is 0 Å². The van der Waals surface area contributed by atoms with Crippen molar-refractivity contribution in [3.05, 3.63) is 0 Å². The molecule has 9 nitrogen and oxygen atoms in total. The monoisotopic (exact) mass is 239 g/mol. The van der Waals surface area contributed by atoms with Crippen molar-refractivity contribution in [1.82, 2.24) is 0 Å². The predicted octanol–water partition coefficient (Wildman–Crippen LogP) is -5.70. The minimum Gasteiger partial charge on any atom is -0.652 e. The summed E-state index contributed by atoms with van der Waals surface area (Å²) in [6.07, 6.45) is -7.19. The molecule has 0 spiro atoms. The first-order valence-corrected chi connectivity index (χ1v) is 4.25. The Balaban J connectivity index is 0.000000487. The topological polar surface area (TPSA) is 179 Å². The van der Waals surface area contributed by atoms with Crippen molar-refractivity contribution in [2.75, 3.05) is 6.61 Å². The van der Waals surface area contributed by atoms with Gasteiger partial charge >= 0.3 is 0 Å². The number of hydrogen-bond acceptors (Lipinski definition) is 9. The molecule has 1 heterocycles. The average molecular weight is 239 g/mol. The number of nitrogens with two attached hydrogens (primary N) is 1. The first-order valence-electron chi connectivity index (χ1n) is 4.25. The maximum absolute atomic E-state index is 9.20. The zero-order chi connectivity index (χ0) is 12.9. The Bertz CT molecular complexity index is 216. The zero-order valence-electron chi connectivity index (χ0n) is 8.09. The van der Waals surface area contributed by atoms with E-state index in [2.05, 4.69) is 0 Å². The van der Waals surface area contributed by atoms with E-state index >= 15 is 0 Å². The van der Waals surface area contributed by atoms with Gasteiger partial charge in [-0.25, -0.2) is 0 Å². The van der Waals surface area contributed by atoms with Crippen molar-refractivity contribution >= 4 is 6.16 Å². The van der Waals surface area contributed by atoms with Gasteiger partial charge in [0.2, 0.25) is 0 Å². The van der Waals surface area contributed by atoms with E-state index in [0.29, 0.717) is 0 Å². The molecule has 1 aliphatic rings. The van der Waals surface area contributed by atoms with Gasteiger partial charge in [0.15, 0.2) is 6.29 Å². The van der Waals surface area contributed by atoms with Crippen LogP contribution in [0.1, 0.15) is 0 Å². The number of aliphatic hydroxyl groups is 4. The van der Waals surface area contributed by atoms with Gasteiger partial charge in [-0.1, -0.05) is 0 Å². The van der Waals surface area contributed by atoms with Crippen LogP contribution in [0.4, 0.5) is 4.79 Å². The Morgan fingerprint density at radius 2 is 1.69 bits per heavy atom. The molecular formula is C7H13NO8-2. The Morgan fingerprint density at radius 3 is 2.06 bits per heavy atom. The summed E-state index contributed by atoms with van der Waals surface area (Å²) < 4.78 is 4.70. The average Bonchev–Trinajstić information content (AvgIpc) is 2.19. The van der Waals surface area contributed by atoms with Crippen LogP contribution in [0.5, 0.6) is 0 Å². The first-order chi connectivity index (χ1) is 7.31. The molecule has 0 aromatic rings. The molecule has 6 N–H and O–H groups in total. The second-order valence-electron chi connectivity index (χ2n) is 3.06. The highest BCUT2D eigenvalue weighted by molar-refractivity contribution is 5.47. The number of carboxylic acid groups (broad SMARTS) is 2. The van der Waals surface area contributed by atoms with E-state index in [9.17, 15) is 10.2 Å². The van der Waals surface area contributed by atoms with Crippen LogP contribution >= 0.6 is 0 Å². The summed E-state index contributed by atoms with van der Waals surface area (Å²) in [5.41, 5.74) is 5.26. The molecule has 0 radical (unpaired) electrons. The molecule has 0 aromatic heterocycles. The molecule has 1 saturated heterocycles. The van der Waals surface area contributed by atoms with Crippen LogP contribution in [-0.2, 0) is 4.74 Å². The largest absolute Gasteiger partial charge is 0.652 e. The maximum Gasteiger partial charge on any atom is 0.173 e. The lowest BCUT2D eigenvalue weighted by atomic mass is 9.98. The number of carbonyl (C=O) groups is 1. The van der Waals surface area contributed by atoms with E-state index < -0.39 is 43.4 Å². The molecular weight excluding hydrogens is 226 g/mol.